The minimum absolute atomic E-state index is 0.345. The van der Waals surface area contributed by atoms with Crippen molar-refractivity contribution in [2.24, 2.45) is 5.92 Å². The van der Waals surface area contributed by atoms with Crippen LogP contribution in [0.1, 0.15) is 33.3 Å². The second kappa shape index (κ2) is 6.53. The summed E-state index contributed by atoms with van der Waals surface area (Å²) in [4.78, 5) is 0. The molecule has 0 spiro atoms. The van der Waals surface area contributed by atoms with Crippen molar-refractivity contribution >= 4 is 0 Å². The zero-order valence-electron chi connectivity index (χ0n) is 9.04. The van der Waals surface area contributed by atoms with Gasteiger partial charge in [0.25, 0.3) is 0 Å². The van der Waals surface area contributed by atoms with Gasteiger partial charge in [-0.25, -0.2) is 0 Å². The summed E-state index contributed by atoms with van der Waals surface area (Å²) in [6.45, 7) is 8.37. The van der Waals surface area contributed by atoms with Gasteiger partial charge in [0.15, 0.2) is 0 Å². The van der Waals surface area contributed by atoms with Gasteiger partial charge in [-0.05, 0) is 30.0 Å². The Labute approximate surface area is 81.4 Å². The Morgan fingerprint density at radius 2 is 1.54 bits per heavy atom. The van der Waals surface area contributed by atoms with Crippen molar-refractivity contribution in [1.82, 2.24) is 0 Å². The summed E-state index contributed by atoms with van der Waals surface area (Å²) in [6.07, 6.45) is 1.08. The number of phenols is 1. The fraction of sp³-hybridized carbons (Fsp3) is 0.500. The highest BCUT2D eigenvalue weighted by atomic mass is 16.3. The SMILES string of the molecule is CC.CC(C)Cc1ccc(O)cc1. The third-order valence-electron chi connectivity index (χ3n) is 1.58. The van der Waals surface area contributed by atoms with Gasteiger partial charge in [0.2, 0.25) is 0 Å². The molecule has 0 aliphatic carbocycles. The van der Waals surface area contributed by atoms with Gasteiger partial charge < -0.3 is 5.11 Å². The topological polar surface area (TPSA) is 20.2 Å². The Bertz CT molecular complexity index is 211. The highest BCUT2D eigenvalue weighted by Crippen LogP contribution is 2.12. The maximum Gasteiger partial charge on any atom is 0.115 e. The molecule has 0 atom stereocenters. The van der Waals surface area contributed by atoms with Crippen LogP contribution in [0.15, 0.2) is 24.3 Å². The average molecular weight is 180 g/mol. The van der Waals surface area contributed by atoms with Crippen LogP contribution < -0.4 is 0 Å². The van der Waals surface area contributed by atoms with E-state index >= 15 is 0 Å². The lowest BCUT2D eigenvalue weighted by Crippen LogP contribution is -1.92. The molecule has 1 rings (SSSR count). The molecule has 1 nitrogen and oxygen atoms in total. The molecule has 0 heterocycles. The predicted molar refractivity (Wildman–Crippen MR) is 58.0 cm³/mol. The Morgan fingerprint density at radius 1 is 1.08 bits per heavy atom. The van der Waals surface area contributed by atoms with Gasteiger partial charge in [-0.3, -0.25) is 0 Å². The van der Waals surface area contributed by atoms with Crippen molar-refractivity contribution in [2.75, 3.05) is 0 Å². The van der Waals surface area contributed by atoms with E-state index in [-0.39, 0.29) is 0 Å². The Morgan fingerprint density at radius 3 is 1.92 bits per heavy atom. The normalized spacial score (nSPS) is 9.31. The van der Waals surface area contributed by atoms with Crippen LogP contribution in [0, 0.1) is 5.92 Å². The van der Waals surface area contributed by atoms with Crippen LogP contribution in [0.2, 0.25) is 0 Å². The van der Waals surface area contributed by atoms with Crippen LogP contribution >= 0.6 is 0 Å². The average Bonchev–Trinajstić information content (AvgIpc) is 2.12. The summed E-state index contributed by atoms with van der Waals surface area (Å²) in [5.74, 6) is 1.03. The number of benzene rings is 1. The molecule has 74 valence electrons. The molecular formula is C12H20O. The number of rotatable bonds is 2. The highest BCUT2D eigenvalue weighted by Gasteiger charge is 1.96. The van der Waals surface area contributed by atoms with Crippen LogP contribution in [0.3, 0.4) is 0 Å². The first-order chi connectivity index (χ1) is 6.18. The van der Waals surface area contributed by atoms with Crippen LogP contribution in [0.25, 0.3) is 0 Å². The Kier molecular flexibility index (Phi) is 6.03. The van der Waals surface area contributed by atoms with Crippen molar-refractivity contribution in [3.63, 3.8) is 0 Å². The number of aromatic hydroxyl groups is 1. The summed E-state index contributed by atoms with van der Waals surface area (Å²) in [5.41, 5.74) is 1.29. The van der Waals surface area contributed by atoms with Gasteiger partial charge in [0.1, 0.15) is 5.75 Å². The van der Waals surface area contributed by atoms with Crippen molar-refractivity contribution in [3.8, 4) is 5.75 Å². The first kappa shape index (κ1) is 12.0. The molecule has 0 fully saturated rings. The summed E-state index contributed by atoms with van der Waals surface area (Å²) in [6, 6.07) is 7.40. The molecular weight excluding hydrogens is 160 g/mol. The number of phenolic OH excluding ortho intramolecular Hbond substituents is 1. The fourth-order valence-electron chi connectivity index (χ4n) is 1.10. The molecule has 1 heteroatoms. The molecule has 13 heavy (non-hydrogen) atoms. The highest BCUT2D eigenvalue weighted by molar-refractivity contribution is 5.25. The van der Waals surface area contributed by atoms with Gasteiger partial charge in [-0.2, -0.15) is 0 Å². The van der Waals surface area contributed by atoms with E-state index in [4.69, 9.17) is 5.11 Å². The molecule has 0 amide bonds. The van der Waals surface area contributed by atoms with Crippen molar-refractivity contribution in [3.05, 3.63) is 29.8 Å². The third-order valence-corrected chi connectivity index (χ3v) is 1.58. The predicted octanol–water partition coefficient (Wildman–Crippen LogP) is 3.62. The van der Waals surface area contributed by atoms with Gasteiger partial charge in [0.05, 0.1) is 0 Å². The van der Waals surface area contributed by atoms with E-state index in [0.29, 0.717) is 11.7 Å². The van der Waals surface area contributed by atoms with Crippen LogP contribution in [-0.4, -0.2) is 5.11 Å². The summed E-state index contributed by atoms with van der Waals surface area (Å²) in [7, 11) is 0. The molecule has 1 aromatic carbocycles. The first-order valence-corrected chi connectivity index (χ1v) is 4.96. The standard InChI is InChI=1S/C10H14O.C2H6/c1-8(2)7-9-3-5-10(11)6-4-9;1-2/h3-6,8,11H,7H2,1-2H3;1-2H3. The van der Waals surface area contributed by atoms with Crippen LogP contribution in [0.5, 0.6) is 5.75 Å². The smallest absolute Gasteiger partial charge is 0.115 e. The van der Waals surface area contributed by atoms with E-state index in [2.05, 4.69) is 13.8 Å². The van der Waals surface area contributed by atoms with Crippen molar-refractivity contribution in [1.29, 1.82) is 0 Å². The monoisotopic (exact) mass is 180 g/mol. The van der Waals surface area contributed by atoms with E-state index in [9.17, 15) is 0 Å². The number of hydrogen-bond acceptors (Lipinski definition) is 1. The molecule has 1 N–H and O–H groups in total. The molecule has 0 aliphatic rings. The van der Waals surface area contributed by atoms with Gasteiger partial charge >= 0.3 is 0 Å². The zero-order valence-corrected chi connectivity index (χ0v) is 9.04. The minimum Gasteiger partial charge on any atom is -0.508 e. The molecule has 0 aromatic heterocycles. The summed E-state index contributed by atoms with van der Waals surface area (Å²) >= 11 is 0. The van der Waals surface area contributed by atoms with E-state index in [1.54, 1.807) is 12.1 Å². The summed E-state index contributed by atoms with van der Waals surface area (Å²) in [5, 5.41) is 8.99. The minimum atomic E-state index is 0.345. The fourth-order valence-corrected chi connectivity index (χ4v) is 1.10. The van der Waals surface area contributed by atoms with Gasteiger partial charge in [-0.15, -0.1) is 0 Å². The van der Waals surface area contributed by atoms with E-state index in [0.717, 1.165) is 6.42 Å². The maximum atomic E-state index is 8.99. The third kappa shape index (κ3) is 5.29. The molecule has 0 radical (unpaired) electrons. The first-order valence-electron chi connectivity index (χ1n) is 4.96. The number of hydrogen-bond donors (Lipinski definition) is 1. The second-order valence-corrected chi connectivity index (χ2v) is 3.26. The Hall–Kier alpha value is -0.980. The zero-order chi connectivity index (χ0) is 10.3. The quantitative estimate of drug-likeness (QED) is 0.737. The second-order valence-electron chi connectivity index (χ2n) is 3.26. The Balaban J connectivity index is 0.000000671. The van der Waals surface area contributed by atoms with Gasteiger partial charge in [-0.1, -0.05) is 39.8 Å². The largest absolute Gasteiger partial charge is 0.508 e. The van der Waals surface area contributed by atoms with Gasteiger partial charge in [0, 0.05) is 0 Å². The lowest BCUT2D eigenvalue weighted by atomic mass is 10.0. The van der Waals surface area contributed by atoms with E-state index in [1.165, 1.54) is 5.56 Å². The van der Waals surface area contributed by atoms with Crippen molar-refractivity contribution in [2.45, 2.75) is 34.1 Å². The molecule has 1 aromatic rings. The molecule has 0 unspecified atom stereocenters. The molecule has 0 aliphatic heterocycles. The lowest BCUT2D eigenvalue weighted by Gasteiger charge is -2.03. The van der Waals surface area contributed by atoms with E-state index < -0.39 is 0 Å². The molecule has 0 saturated heterocycles. The van der Waals surface area contributed by atoms with Crippen LogP contribution in [0.4, 0.5) is 0 Å². The molecule has 0 bridgehead atoms. The van der Waals surface area contributed by atoms with E-state index in [1.807, 2.05) is 26.0 Å². The van der Waals surface area contributed by atoms with Crippen LogP contribution in [-0.2, 0) is 6.42 Å². The summed E-state index contributed by atoms with van der Waals surface area (Å²) < 4.78 is 0. The molecule has 0 saturated carbocycles. The lowest BCUT2D eigenvalue weighted by molar-refractivity contribution is 0.475. The maximum absolute atomic E-state index is 8.99. The van der Waals surface area contributed by atoms with Crippen molar-refractivity contribution < 1.29 is 5.11 Å².